The highest BCUT2D eigenvalue weighted by Crippen LogP contribution is 2.16. The van der Waals surface area contributed by atoms with Gasteiger partial charge in [-0.15, -0.1) is 0 Å². The summed E-state index contributed by atoms with van der Waals surface area (Å²) in [7, 11) is 0. The highest BCUT2D eigenvalue weighted by atomic mass is 79.9. The number of halogens is 1. The summed E-state index contributed by atoms with van der Waals surface area (Å²) in [6.45, 7) is 0. The molecule has 2 aromatic rings. The van der Waals surface area contributed by atoms with Crippen LogP contribution in [0, 0.1) is 0 Å². The molecule has 1 N–H and O–H groups in total. The Balaban J connectivity index is 2.49. The predicted molar refractivity (Wildman–Crippen MR) is 58.6 cm³/mol. The molecule has 5 heteroatoms. The van der Waals surface area contributed by atoms with Crippen LogP contribution >= 0.6 is 15.9 Å². The lowest BCUT2D eigenvalue weighted by atomic mass is 10.1. The van der Waals surface area contributed by atoms with Crippen LogP contribution in [0.4, 0.5) is 0 Å². The lowest BCUT2D eigenvalue weighted by molar-refractivity contribution is -0.136. The molecule has 2 rings (SSSR count). The average molecular weight is 267 g/mol. The first kappa shape index (κ1) is 10.0. The average Bonchev–Trinajstić information content (AvgIpc) is 2.16. The summed E-state index contributed by atoms with van der Waals surface area (Å²) in [6, 6.07) is 3.65. The number of fused-ring (bicyclic) bond motifs is 1. The number of hydrogen-bond acceptors (Lipinski definition) is 3. The zero-order valence-corrected chi connectivity index (χ0v) is 9.23. The summed E-state index contributed by atoms with van der Waals surface area (Å²) in [5, 5.41) is 9.48. The minimum absolute atomic E-state index is 0.0184. The van der Waals surface area contributed by atoms with E-state index in [1.54, 1.807) is 12.3 Å². The molecule has 76 valence electrons. The second-order valence-corrected chi connectivity index (χ2v) is 4.03. The van der Waals surface area contributed by atoms with Crippen molar-refractivity contribution in [2.75, 3.05) is 0 Å². The van der Waals surface area contributed by atoms with Gasteiger partial charge in [-0.1, -0.05) is 0 Å². The summed E-state index contributed by atoms with van der Waals surface area (Å²) in [5.41, 5.74) is 1.29. The van der Waals surface area contributed by atoms with E-state index in [1.165, 1.54) is 6.20 Å². The van der Waals surface area contributed by atoms with Crippen molar-refractivity contribution < 1.29 is 9.90 Å². The Hall–Kier alpha value is -1.49. The van der Waals surface area contributed by atoms with Gasteiger partial charge in [-0.2, -0.15) is 0 Å². The highest BCUT2D eigenvalue weighted by Gasteiger charge is 2.03. The van der Waals surface area contributed by atoms with Gasteiger partial charge in [-0.3, -0.25) is 4.79 Å². The summed E-state index contributed by atoms with van der Waals surface area (Å²) >= 11 is 3.30. The van der Waals surface area contributed by atoms with Crippen LogP contribution in [-0.2, 0) is 11.2 Å². The molecule has 0 unspecified atom stereocenters. The molecule has 0 radical (unpaired) electrons. The van der Waals surface area contributed by atoms with Crippen LogP contribution in [0.25, 0.3) is 11.0 Å². The standard InChI is InChI=1S/C10H7BrN2O2/c11-8-3-7-1-6(2-9(14)15)4-12-10(7)13-5-8/h1,3-5H,2H2,(H,14,15). The molecule has 0 bridgehead atoms. The van der Waals surface area contributed by atoms with Crippen LogP contribution in [0.15, 0.2) is 29.0 Å². The second-order valence-electron chi connectivity index (χ2n) is 3.11. The van der Waals surface area contributed by atoms with E-state index in [4.69, 9.17) is 5.11 Å². The number of carboxylic acids is 1. The largest absolute Gasteiger partial charge is 0.481 e. The van der Waals surface area contributed by atoms with Crippen molar-refractivity contribution >= 4 is 32.9 Å². The second kappa shape index (κ2) is 3.94. The maximum atomic E-state index is 10.5. The van der Waals surface area contributed by atoms with Crippen molar-refractivity contribution in [3.8, 4) is 0 Å². The maximum absolute atomic E-state index is 10.5. The minimum Gasteiger partial charge on any atom is -0.481 e. The summed E-state index contributed by atoms with van der Waals surface area (Å²) in [6.07, 6.45) is 3.18. The van der Waals surface area contributed by atoms with Crippen LogP contribution < -0.4 is 0 Å². The molecule has 0 aliphatic heterocycles. The molecule has 0 saturated carbocycles. The minimum atomic E-state index is -0.862. The van der Waals surface area contributed by atoms with Gasteiger partial charge in [0.25, 0.3) is 0 Å². The fourth-order valence-corrected chi connectivity index (χ4v) is 1.66. The fraction of sp³-hybridized carbons (Fsp3) is 0.100. The lowest BCUT2D eigenvalue weighted by Gasteiger charge is -2.00. The molecular weight excluding hydrogens is 260 g/mol. The number of rotatable bonds is 2. The highest BCUT2D eigenvalue weighted by molar-refractivity contribution is 9.10. The predicted octanol–water partition coefficient (Wildman–Crippen LogP) is 2.02. The topological polar surface area (TPSA) is 63.1 Å². The van der Waals surface area contributed by atoms with E-state index in [-0.39, 0.29) is 6.42 Å². The quantitative estimate of drug-likeness (QED) is 0.904. The van der Waals surface area contributed by atoms with Crippen LogP contribution in [-0.4, -0.2) is 21.0 Å². The van der Waals surface area contributed by atoms with E-state index in [2.05, 4.69) is 25.9 Å². The van der Waals surface area contributed by atoms with Crippen LogP contribution in [0.2, 0.25) is 0 Å². The van der Waals surface area contributed by atoms with E-state index in [1.807, 2.05) is 6.07 Å². The molecule has 0 aliphatic carbocycles. The van der Waals surface area contributed by atoms with Gasteiger partial charge >= 0.3 is 5.97 Å². The molecule has 4 nitrogen and oxygen atoms in total. The zero-order chi connectivity index (χ0) is 10.8. The lowest BCUT2D eigenvalue weighted by Crippen LogP contribution is -2.00. The van der Waals surface area contributed by atoms with Crippen LogP contribution in [0.3, 0.4) is 0 Å². The number of hydrogen-bond donors (Lipinski definition) is 1. The Morgan fingerprint density at radius 2 is 2.07 bits per heavy atom. The number of aliphatic carboxylic acids is 1. The smallest absolute Gasteiger partial charge is 0.307 e. The molecule has 0 atom stereocenters. The Bertz CT molecular complexity index is 528. The number of nitrogens with zero attached hydrogens (tertiary/aromatic N) is 2. The van der Waals surface area contributed by atoms with Gasteiger partial charge in [0, 0.05) is 22.3 Å². The number of pyridine rings is 2. The third-order valence-corrected chi connectivity index (χ3v) is 2.34. The number of aromatic nitrogens is 2. The number of carboxylic acid groups (broad SMARTS) is 1. The Morgan fingerprint density at radius 1 is 1.33 bits per heavy atom. The third kappa shape index (κ3) is 2.30. The molecule has 0 fully saturated rings. The van der Waals surface area contributed by atoms with Crippen molar-refractivity contribution in [2.24, 2.45) is 0 Å². The van der Waals surface area contributed by atoms with Crippen molar-refractivity contribution in [1.29, 1.82) is 0 Å². The van der Waals surface area contributed by atoms with Gasteiger partial charge in [0.05, 0.1) is 6.42 Å². The molecular formula is C10H7BrN2O2. The Kier molecular flexibility index (Phi) is 2.64. The van der Waals surface area contributed by atoms with Crippen LogP contribution in [0.5, 0.6) is 0 Å². The normalized spacial score (nSPS) is 10.5. The summed E-state index contributed by atoms with van der Waals surface area (Å²) in [4.78, 5) is 18.7. The van der Waals surface area contributed by atoms with Gasteiger partial charge in [-0.25, -0.2) is 9.97 Å². The molecule has 0 amide bonds. The molecule has 0 spiro atoms. The van der Waals surface area contributed by atoms with Crippen molar-refractivity contribution in [1.82, 2.24) is 9.97 Å². The van der Waals surface area contributed by atoms with Crippen LogP contribution in [0.1, 0.15) is 5.56 Å². The van der Waals surface area contributed by atoms with Gasteiger partial charge < -0.3 is 5.11 Å². The van der Waals surface area contributed by atoms with E-state index >= 15 is 0 Å². The van der Waals surface area contributed by atoms with E-state index in [9.17, 15) is 4.79 Å². The Morgan fingerprint density at radius 3 is 2.80 bits per heavy atom. The number of carbonyl (C=O) groups is 1. The first-order chi connectivity index (χ1) is 7.15. The van der Waals surface area contributed by atoms with Gasteiger partial charge in [-0.05, 0) is 33.6 Å². The van der Waals surface area contributed by atoms with Gasteiger partial charge in [0.15, 0.2) is 5.65 Å². The molecule has 2 heterocycles. The molecule has 0 saturated heterocycles. The van der Waals surface area contributed by atoms with E-state index < -0.39 is 5.97 Å². The van der Waals surface area contributed by atoms with Crippen molar-refractivity contribution in [2.45, 2.75) is 6.42 Å². The first-order valence-corrected chi connectivity index (χ1v) is 5.06. The maximum Gasteiger partial charge on any atom is 0.307 e. The van der Waals surface area contributed by atoms with Crippen molar-refractivity contribution in [3.05, 3.63) is 34.6 Å². The van der Waals surface area contributed by atoms with Gasteiger partial charge in [0.1, 0.15) is 0 Å². The molecule has 0 aliphatic rings. The van der Waals surface area contributed by atoms with E-state index in [0.717, 1.165) is 9.86 Å². The fourth-order valence-electron chi connectivity index (χ4n) is 1.31. The van der Waals surface area contributed by atoms with Gasteiger partial charge in [0.2, 0.25) is 0 Å². The third-order valence-electron chi connectivity index (χ3n) is 1.91. The Labute approximate surface area is 94.1 Å². The van der Waals surface area contributed by atoms with Crippen molar-refractivity contribution in [3.63, 3.8) is 0 Å². The summed E-state index contributed by atoms with van der Waals surface area (Å²) < 4.78 is 0.851. The molecule has 0 aromatic carbocycles. The summed E-state index contributed by atoms with van der Waals surface area (Å²) in [5.74, 6) is -0.862. The van der Waals surface area contributed by atoms with E-state index in [0.29, 0.717) is 11.2 Å². The molecule has 15 heavy (non-hydrogen) atoms. The zero-order valence-electron chi connectivity index (χ0n) is 7.64. The SMILES string of the molecule is O=C(O)Cc1cnc2ncc(Br)cc2c1. The first-order valence-electron chi connectivity index (χ1n) is 4.27. The molecule has 2 aromatic heterocycles. The monoisotopic (exact) mass is 266 g/mol.